The molecule has 1 unspecified atom stereocenters. The van der Waals surface area contributed by atoms with Crippen LogP contribution in [0.15, 0.2) is 4.99 Å². The van der Waals surface area contributed by atoms with Crippen molar-refractivity contribution in [2.45, 2.75) is 57.2 Å². The molecule has 0 bridgehead atoms. The van der Waals surface area contributed by atoms with E-state index in [9.17, 15) is 8.42 Å². The van der Waals surface area contributed by atoms with Crippen molar-refractivity contribution in [1.82, 2.24) is 15.5 Å². The number of hydrogen-bond acceptors (Lipinski definition) is 4. The standard InChI is InChI=1S/C16H34N4O2S/c1-6-14-9-7-8-11-20(14)12-10-18-15(17-4)19-13-16(2,3)23(5,21)22/h14H,6-13H2,1-5H3,(H2,17,18,19). The summed E-state index contributed by atoms with van der Waals surface area (Å²) in [5.74, 6) is 0.659. The summed E-state index contributed by atoms with van der Waals surface area (Å²) in [5, 5.41) is 6.41. The number of piperidine rings is 1. The monoisotopic (exact) mass is 346 g/mol. The van der Waals surface area contributed by atoms with Crippen LogP contribution in [0.1, 0.15) is 46.5 Å². The van der Waals surface area contributed by atoms with Crippen LogP contribution < -0.4 is 10.6 Å². The van der Waals surface area contributed by atoms with E-state index in [0.717, 1.165) is 13.1 Å². The maximum absolute atomic E-state index is 11.7. The highest BCUT2D eigenvalue weighted by Gasteiger charge is 2.30. The second-order valence-corrected chi connectivity index (χ2v) is 9.63. The summed E-state index contributed by atoms with van der Waals surface area (Å²) in [7, 11) is -1.40. The zero-order valence-corrected chi connectivity index (χ0v) is 16.2. The highest BCUT2D eigenvalue weighted by molar-refractivity contribution is 7.92. The van der Waals surface area contributed by atoms with E-state index >= 15 is 0 Å². The minimum Gasteiger partial charge on any atom is -0.355 e. The first-order valence-electron chi connectivity index (χ1n) is 8.59. The quantitative estimate of drug-likeness (QED) is 0.536. The number of aliphatic imine (C=N–C) groups is 1. The molecule has 7 heteroatoms. The number of rotatable bonds is 7. The smallest absolute Gasteiger partial charge is 0.191 e. The Bertz CT molecular complexity index is 488. The van der Waals surface area contributed by atoms with Gasteiger partial charge in [-0.15, -0.1) is 0 Å². The van der Waals surface area contributed by atoms with E-state index in [2.05, 4.69) is 27.4 Å². The summed E-state index contributed by atoms with van der Waals surface area (Å²) in [6.07, 6.45) is 6.39. The number of hydrogen-bond donors (Lipinski definition) is 2. The van der Waals surface area contributed by atoms with E-state index in [1.807, 2.05) is 0 Å². The molecule has 1 aliphatic heterocycles. The van der Waals surface area contributed by atoms with Crippen LogP contribution in [0.25, 0.3) is 0 Å². The van der Waals surface area contributed by atoms with Gasteiger partial charge in [0.15, 0.2) is 15.8 Å². The van der Waals surface area contributed by atoms with Crippen molar-refractivity contribution >= 4 is 15.8 Å². The van der Waals surface area contributed by atoms with E-state index in [4.69, 9.17) is 0 Å². The lowest BCUT2D eigenvalue weighted by molar-refractivity contribution is 0.147. The van der Waals surface area contributed by atoms with Crippen molar-refractivity contribution in [3.8, 4) is 0 Å². The number of guanidine groups is 1. The van der Waals surface area contributed by atoms with Gasteiger partial charge in [0.2, 0.25) is 0 Å². The Morgan fingerprint density at radius 1 is 1.30 bits per heavy atom. The molecule has 6 nitrogen and oxygen atoms in total. The SMILES string of the molecule is CCC1CCCCN1CCNC(=NC)NCC(C)(C)S(C)(=O)=O. The second kappa shape index (κ2) is 8.87. The fourth-order valence-electron chi connectivity index (χ4n) is 2.78. The molecular weight excluding hydrogens is 312 g/mol. The normalized spacial score (nSPS) is 21.3. The summed E-state index contributed by atoms with van der Waals surface area (Å²) in [5.41, 5.74) is 0. The zero-order chi connectivity index (χ0) is 17.5. The van der Waals surface area contributed by atoms with E-state index < -0.39 is 14.6 Å². The molecule has 0 aromatic carbocycles. The number of sulfone groups is 1. The fourth-order valence-corrected chi connectivity index (χ4v) is 3.12. The summed E-state index contributed by atoms with van der Waals surface area (Å²) < 4.78 is 22.7. The third-order valence-corrected chi connectivity index (χ3v) is 6.97. The van der Waals surface area contributed by atoms with Crippen LogP contribution in [0.5, 0.6) is 0 Å². The van der Waals surface area contributed by atoms with Crippen molar-refractivity contribution in [2.75, 3.05) is 39.5 Å². The molecule has 1 fully saturated rings. The Morgan fingerprint density at radius 2 is 2.00 bits per heavy atom. The third-order valence-electron chi connectivity index (χ3n) is 4.82. The summed E-state index contributed by atoms with van der Waals surface area (Å²) >= 11 is 0. The molecule has 23 heavy (non-hydrogen) atoms. The Kier molecular flexibility index (Phi) is 7.80. The van der Waals surface area contributed by atoms with Crippen LogP contribution >= 0.6 is 0 Å². The number of likely N-dealkylation sites (tertiary alicyclic amines) is 1. The lowest BCUT2D eigenvalue weighted by Gasteiger charge is -2.35. The minimum atomic E-state index is -3.11. The Balaban J connectivity index is 2.40. The molecule has 1 atom stereocenters. The molecule has 1 rings (SSSR count). The Labute approximate surface area is 142 Å². The fraction of sp³-hybridized carbons (Fsp3) is 0.938. The minimum absolute atomic E-state index is 0.340. The van der Waals surface area contributed by atoms with Gasteiger partial charge < -0.3 is 10.6 Å². The van der Waals surface area contributed by atoms with Gasteiger partial charge in [0.05, 0.1) is 4.75 Å². The summed E-state index contributed by atoms with van der Waals surface area (Å²) in [4.78, 5) is 6.72. The number of nitrogens with one attached hydrogen (secondary N) is 2. The second-order valence-electron chi connectivity index (χ2n) is 6.98. The molecule has 0 saturated carbocycles. The molecule has 1 saturated heterocycles. The lowest BCUT2D eigenvalue weighted by atomic mass is 10.0. The van der Waals surface area contributed by atoms with Crippen LogP contribution in [0.4, 0.5) is 0 Å². The maximum atomic E-state index is 11.7. The molecule has 0 amide bonds. The number of nitrogens with zero attached hydrogens (tertiary/aromatic N) is 2. The van der Waals surface area contributed by atoms with Crippen molar-refractivity contribution in [2.24, 2.45) is 4.99 Å². The van der Waals surface area contributed by atoms with Crippen molar-refractivity contribution < 1.29 is 8.42 Å². The van der Waals surface area contributed by atoms with Crippen molar-refractivity contribution in [3.63, 3.8) is 0 Å². The van der Waals surface area contributed by atoms with Crippen LogP contribution in [0.2, 0.25) is 0 Å². The third kappa shape index (κ3) is 6.30. The Morgan fingerprint density at radius 3 is 2.57 bits per heavy atom. The maximum Gasteiger partial charge on any atom is 0.191 e. The average Bonchev–Trinajstić information content (AvgIpc) is 2.49. The first kappa shape index (κ1) is 20.2. The average molecular weight is 347 g/mol. The van der Waals surface area contributed by atoms with Crippen LogP contribution in [-0.2, 0) is 9.84 Å². The molecular formula is C16H34N4O2S. The van der Waals surface area contributed by atoms with Gasteiger partial charge in [0.1, 0.15) is 0 Å². The van der Waals surface area contributed by atoms with Gasteiger partial charge in [0.25, 0.3) is 0 Å². The van der Waals surface area contributed by atoms with Crippen LogP contribution in [0, 0.1) is 0 Å². The van der Waals surface area contributed by atoms with Gasteiger partial charge in [0, 0.05) is 39.0 Å². The topological polar surface area (TPSA) is 73.8 Å². The van der Waals surface area contributed by atoms with Gasteiger partial charge in [-0.05, 0) is 39.7 Å². The van der Waals surface area contributed by atoms with Gasteiger partial charge in [-0.3, -0.25) is 9.89 Å². The molecule has 1 heterocycles. The molecule has 0 aromatic rings. The van der Waals surface area contributed by atoms with E-state index in [-0.39, 0.29) is 0 Å². The van der Waals surface area contributed by atoms with Crippen molar-refractivity contribution in [3.05, 3.63) is 0 Å². The summed E-state index contributed by atoms with van der Waals surface area (Å²) in [6.45, 7) is 9.03. The van der Waals surface area contributed by atoms with Crippen LogP contribution in [0.3, 0.4) is 0 Å². The van der Waals surface area contributed by atoms with Gasteiger partial charge >= 0.3 is 0 Å². The predicted octanol–water partition coefficient (Wildman–Crippen LogP) is 1.24. The summed E-state index contributed by atoms with van der Waals surface area (Å²) in [6, 6.07) is 0.699. The van der Waals surface area contributed by atoms with Gasteiger partial charge in [-0.1, -0.05) is 13.3 Å². The first-order chi connectivity index (χ1) is 10.7. The molecule has 2 N–H and O–H groups in total. The highest BCUT2D eigenvalue weighted by Crippen LogP contribution is 2.18. The zero-order valence-electron chi connectivity index (χ0n) is 15.4. The van der Waals surface area contributed by atoms with Crippen molar-refractivity contribution in [1.29, 1.82) is 0 Å². The predicted molar refractivity (Wildman–Crippen MR) is 97.8 cm³/mol. The molecule has 0 aliphatic carbocycles. The molecule has 0 spiro atoms. The van der Waals surface area contributed by atoms with E-state index in [0.29, 0.717) is 18.5 Å². The lowest BCUT2D eigenvalue weighted by Crippen LogP contribution is -2.49. The molecule has 136 valence electrons. The van der Waals surface area contributed by atoms with Crippen LogP contribution in [-0.4, -0.2) is 69.5 Å². The molecule has 0 aromatic heterocycles. The Hall–Kier alpha value is -0.820. The van der Waals surface area contributed by atoms with E-state index in [1.54, 1.807) is 20.9 Å². The highest BCUT2D eigenvalue weighted by atomic mass is 32.2. The van der Waals surface area contributed by atoms with Gasteiger partial charge in [-0.2, -0.15) is 0 Å². The first-order valence-corrected chi connectivity index (χ1v) is 10.5. The van der Waals surface area contributed by atoms with Gasteiger partial charge in [-0.25, -0.2) is 8.42 Å². The largest absolute Gasteiger partial charge is 0.355 e. The molecule has 0 radical (unpaired) electrons. The molecule has 1 aliphatic rings. The van der Waals surface area contributed by atoms with E-state index in [1.165, 1.54) is 38.5 Å².